The Morgan fingerprint density at radius 3 is 2.39 bits per heavy atom. The molecule has 1 aliphatic rings. The van der Waals surface area contributed by atoms with E-state index in [1.807, 2.05) is 0 Å². The van der Waals surface area contributed by atoms with Gasteiger partial charge >= 0.3 is 0 Å². The number of rotatable bonds is 4. The van der Waals surface area contributed by atoms with Crippen molar-refractivity contribution in [2.45, 2.75) is 57.5 Å². The molecule has 0 saturated heterocycles. The Balaban J connectivity index is 1.92. The Morgan fingerprint density at radius 2 is 1.78 bits per heavy atom. The molecule has 0 radical (unpaired) electrons. The molecule has 1 aromatic rings. The monoisotopic (exact) mass is 248 g/mol. The van der Waals surface area contributed by atoms with Gasteiger partial charge in [-0.3, -0.25) is 0 Å². The first-order chi connectivity index (χ1) is 8.69. The van der Waals surface area contributed by atoms with Crippen molar-refractivity contribution in [2.24, 2.45) is 0 Å². The van der Waals surface area contributed by atoms with E-state index in [9.17, 15) is 0 Å². The van der Waals surface area contributed by atoms with Gasteiger partial charge in [0.1, 0.15) is 12.1 Å². The SMILES string of the molecule is CN[C@H]1CC[C@@H](Nc2cc(C(C)C)ncn2)CC1. The topological polar surface area (TPSA) is 49.8 Å². The second-order valence-corrected chi connectivity index (χ2v) is 5.46. The maximum Gasteiger partial charge on any atom is 0.129 e. The van der Waals surface area contributed by atoms with Gasteiger partial charge in [0.2, 0.25) is 0 Å². The summed E-state index contributed by atoms with van der Waals surface area (Å²) in [6, 6.07) is 3.33. The van der Waals surface area contributed by atoms with Crippen LogP contribution in [0.5, 0.6) is 0 Å². The zero-order valence-electron chi connectivity index (χ0n) is 11.6. The summed E-state index contributed by atoms with van der Waals surface area (Å²) in [5.74, 6) is 1.43. The van der Waals surface area contributed by atoms with E-state index in [0.717, 1.165) is 11.5 Å². The van der Waals surface area contributed by atoms with Crippen molar-refractivity contribution in [2.75, 3.05) is 12.4 Å². The predicted octanol–water partition coefficient (Wildman–Crippen LogP) is 2.54. The average molecular weight is 248 g/mol. The van der Waals surface area contributed by atoms with E-state index >= 15 is 0 Å². The molecule has 0 unspecified atom stereocenters. The van der Waals surface area contributed by atoms with Gasteiger partial charge in [-0.05, 0) is 38.6 Å². The molecule has 2 rings (SSSR count). The van der Waals surface area contributed by atoms with Crippen molar-refractivity contribution in [3.63, 3.8) is 0 Å². The fourth-order valence-electron chi connectivity index (χ4n) is 2.50. The summed E-state index contributed by atoms with van der Waals surface area (Å²) in [6.07, 6.45) is 6.59. The molecular weight excluding hydrogens is 224 g/mol. The van der Waals surface area contributed by atoms with Crippen LogP contribution in [-0.4, -0.2) is 29.1 Å². The van der Waals surface area contributed by atoms with Crippen LogP contribution in [0.1, 0.15) is 51.1 Å². The third kappa shape index (κ3) is 3.42. The quantitative estimate of drug-likeness (QED) is 0.859. The zero-order chi connectivity index (χ0) is 13.0. The van der Waals surface area contributed by atoms with Gasteiger partial charge in [-0.1, -0.05) is 13.8 Å². The van der Waals surface area contributed by atoms with Crippen LogP contribution in [0.15, 0.2) is 12.4 Å². The first kappa shape index (κ1) is 13.3. The summed E-state index contributed by atoms with van der Waals surface area (Å²) in [5, 5.41) is 6.90. The summed E-state index contributed by atoms with van der Waals surface area (Å²) >= 11 is 0. The van der Waals surface area contributed by atoms with Gasteiger partial charge < -0.3 is 10.6 Å². The molecule has 0 aliphatic heterocycles. The van der Waals surface area contributed by atoms with Gasteiger partial charge in [0.25, 0.3) is 0 Å². The molecule has 2 N–H and O–H groups in total. The third-order valence-electron chi connectivity index (χ3n) is 3.77. The van der Waals surface area contributed by atoms with Crippen LogP contribution in [-0.2, 0) is 0 Å². The summed E-state index contributed by atoms with van der Waals surface area (Å²) in [7, 11) is 2.05. The number of anilines is 1. The van der Waals surface area contributed by atoms with E-state index in [4.69, 9.17) is 0 Å². The van der Waals surface area contributed by atoms with Crippen molar-refractivity contribution in [1.29, 1.82) is 0 Å². The molecule has 1 saturated carbocycles. The van der Waals surface area contributed by atoms with Crippen LogP contribution in [0, 0.1) is 0 Å². The van der Waals surface area contributed by atoms with Gasteiger partial charge in [0, 0.05) is 23.8 Å². The highest BCUT2D eigenvalue weighted by atomic mass is 15.0. The Kier molecular flexibility index (Phi) is 4.53. The van der Waals surface area contributed by atoms with Crippen LogP contribution in [0.3, 0.4) is 0 Å². The maximum atomic E-state index is 4.32. The van der Waals surface area contributed by atoms with E-state index in [0.29, 0.717) is 18.0 Å². The molecule has 1 aromatic heterocycles. The Labute approximate surface area is 110 Å². The van der Waals surface area contributed by atoms with Crippen molar-refractivity contribution in [1.82, 2.24) is 15.3 Å². The maximum absolute atomic E-state index is 4.32. The van der Waals surface area contributed by atoms with Crippen LogP contribution >= 0.6 is 0 Å². The first-order valence-corrected chi connectivity index (χ1v) is 6.94. The van der Waals surface area contributed by atoms with Crippen LogP contribution in [0.4, 0.5) is 5.82 Å². The van der Waals surface area contributed by atoms with E-state index in [1.54, 1.807) is 6.33 Å². The molecule has 100 valence electrons. The molecule has 0 bridgehead atoms. The highest BCUT2D eigenvalue weighted by molar-refractivity contribution is 5.36. The summed E-state index contributed by atoms with van der Waals surface area (Å²) in [6.45, 7) is 4.31. The molecule has 4 heteroatoms. The van der Waals surface area contributed by atoms with Gasteiger partial charge in [0.15, 0.2) is 0 Å². The lowest BCUT2D eigenvalue weighted by atomic mass is 9.91. The fourth-order valence-corrected chi connectivity index (χ4v) is 2.50. The van der Waals surface area contributed by atoms with E-state index in [2.05, 4.69) is 47.6 Å². The van der Waals surface area contributed by atoms with Crippen molar-refractivity contribution >= 4 is 5.82 Å². The van der Waals surface area contributed by atoms with Gasteiger partial charge in [-0.25, -0.2) is 9.97 Å². The van der Waals surface area contributed by atoms with E-state index < -0.39 is 0 Å². The zero-order valence-corrected chi connectivity index (χ0v) is 11.6. The van der Waals surface area contributed by atoms with E-state index in [-0.39, 0.29) is 0 Å². The summed E-state index contributed by atoms with van der Waals surface area (Å²) in [5.41, 5.74) is 1.11. The standard InChI is InChI=1S/C14H24N4/c1-10(2)13-8-14(17-9-16-13)18-12-6-4-11(15-3)5-7-12/h8-12,15H,4-7H2,1-3H3,(H,16,17,18)/t11-,12+. The number of hydrogen-bond donors (Lipinski definition) is 2. The minimum absolute atomic E-state index is 0.452. The predicted molar refractivity (Wildman–Crippen MR) is 74.8 cm³/mol. The fraction of sp³-hybridized carbons (Fsp3) is 0.714. The third-order valence-corrected chi connectivity index (χ3v) is 3.77. The lowest BCUT2D eigenvalue weighted by Crippen LogP contribution is -2.35. The minimum atomic E-state index is 0.452. The van der Waals surface area contributed by atoms with Crippen LogP contribution in [0.25, 0.3) is 0 Å². The second-order valence-electron chi connectivity index (χ2n) is 5.46. The number of nitrogens with one attached hydrogen (secondary N) is 2. The number of hydrogen-bond acceptors (Lipinski definition) is 4. The molecule has 0 amide bonds. The Hall–Kier alpha value is -1.16. The van der Waals surface area contributed by atoms with Gasteiger partial charge in [0.05, 0.1) is 0 Å². The molecule has 4 nitrogen and oxygen atoms in total. The Bertz CT molecular complexity index is 370. The lowest BCUT2D eigenvalue weighted by Gasteiger charge is -2.29. The number of aromatic nitrogens is 2. The van der Waals surface area contributed by atoms with Crippen molar-refractivity contribution in [3.8, 4) is 0 Å². The first-order valence-electron chi connectivity index (χ1n) is 6.94. The van der Waals surface area contributed by atoms with Crippen LogP contribution < -0.4 is 10.6 Å². The molecular formula is C14H24N4. The van der Waals surface area contributed by atoms with Gasteiger partial charge in [-0.15, -0.1) is 0 Å². The van der Waals surface area contributed by atoms with Crippen LogP contribution in [0.2, 0.25) is 0 Å². The molecule has 0 spiro atoms. The molecule has 18 heavy (non-hydrogen) atoms. The molecule has 1 aliphatic carbocycles. The molecule has 1 fully saturated rings. The lowest BCUT2D eigenvalue weighted by molar-refractivity contribution is 0.371. The highest BCUT2D eigenvalue weighted by Gasteiger charge is 2.20. The normalized spacial score (nSPS) is 24.2. The highest BCUT2D eigenvalue weighted by Crippen LogP contribution is 2.22. The number of nitrogens with zero attached hydrogens (tertiary/aromatic N) is 2. The van der Waals surface area contributed by atoms with Gasteiger partial charge in [-0.2, -0.15) is 0 Å². The van der Waals surface area contributed by atoms with Crippen molar-refractivity contribution < 1.29 is 0 Å². The average Bonchev–Trinajstić information content (AvgIpc) is 2.40. The van der Waals surface area contributed by atoms with Crippen molar-refractivity contribution in [3.05, 3.63) is 18.1 Å². The summed E-state index contributed by atoms with van der Waals surface area (Å²) in [4.78, 5) is 8.61. The summed E-state index contributed by atoms with van der Waals surface area (Å²) < 4.78 is 0. The second kappa shape index (κ2) is 6.14. The molecule has 0 aromatic carbocycles. The largest absolute Gasteiger partial charge is 0.367 e. The smallest absolute Gasteiger partial charge is 0.129 e. The Morgan fingerprint density at radius 1 is 1.11 bits per heavy atom. The minimum Gasteiger partial charge on any atom is -0.367 e. The molecule has 1 heterocycles. The van der Waals surface area contributed by atoms with E-state index in [1.165, 1.54) is 25.7 Å². The molecule has 0 atom stereocenters.